The summed E-state index contributed by atoms with van der Waals surface area (Å²) in [6, 6.07) is 57.1. The van der Waals surface area contributed by atoms with Crippen LogP contribution in [-0.2, 0) is 25.7 Å². The van der Waals surface area contributed by atoms with E-state index in [2.05, 4.69) is 152 Å². The molecular formula is C110H118N18O8S4. The van der Waals surface area contributed by atoms with Crippen molar-refractivity contribution in [3.8, 4) is 131 Å². The Hall–Kier alpha value is -13.6. The molecule has 8 aliphatic rings. The number of nitrogens with two attached hydrogens (primary N) is 2. The monoisotopic (exact) mass is 1950 g/mol. The number of ether oxygens (including phenoxy) is 4. The first-order chi connectivity index (χ1) is 67.7. The maximum atomic E-state index is 12.8. The number of nitrogens with one attached hydrogen (secondary N) is 4. The number of aromatic nitrogens is 4. The molecule has 0 unspecified atom stereocenters. The van der Waals surface area contributed by atoms with Crippen LogP contribution in [0.25, 0.3) is 84.0 Å². The van der Waals surface area contributed by atoms with Gasteiger partial charge in [0.1, 0.15) is 67.3 Å². The number of likely N-dealkylation sites (tertiary alicyclic amines) is 4. The van der Waals surface area contributed by atoms with Crippen molar-refractivity contribution in [2.75, 3.05) is 52.4 Å². The molecule has 0 spiro atoms. The van der Waals surface area contributed by atoms with Crippen molar-refractivity contribution in [2.24, 2.45) is 23.3 Å². The number of carbonyl (C=O) groups is 4. The zero-order valence-electron chi connectivity index (χ0n) is 80.7. The second-order valence-electron chi connectivity index (χ2n) is 38.4. The number of amides is 8. The van der Waals surface area contributed by atoms with Crippen LogP contribution in [0.5, 0.6) is 23.0 Å². The van der Waals surface area contributed by atoms with Crippen molar-refractivity contribution >= 4 is 69.5 Å². The standard InChI is InChI=1S/2C28H30N4O2S.2C27H29N5O2S/c2*1-17(2)34-25-10-7-19(13-20(25)14-29)27-30-15-26(35-27)23-6-4-5-22-21(23)8-9-24(22)31-28(33)32-12-11-18(3)16-32;2*1-16(2)34-24-9-6-17(12-18(24)13-28)26-30-14-25(35-26)22-5-3-4-21-20(22)7-8-23(21)31-27(33)32-11-10-19(29)15-32/h2*4-7,10,13,15,17-18,24H,8-9,11-12,16H2,1-3H3,(H,31,33);2*3-6,9,12,14,16,19,23H,7-8,10-11,15,29H2,1-2H3,(H,31,33)/t18-,24+;18-,24-;19-,23+;19-,23-/m0100/s1. The number of benzene rings is 8. The highest BCUT2D eigenvalue weighted by Crippen LogP contribution is 2.48. The number of carbonyl (C=O) groups excluding carboxylic acids is 4. The van der Waals surface area contributed by atoms with Crippen LogP contribution in [0.3, 0.4) is 0 Å². The van der Waals surface area contributed by atoms with Gasteiger partial charge < -0.3 is 71.3 Å². The number of thiazole rings is 4. The molecule has 8 atom stereocenters. The number of nitrogens with zero attached hydrogens (tertiary/aromatic N) is 12. The SMILES string of the molecule is CC(C)Oc1ccc(-c2ncc(-c3cccc4c3CC[C@@H]4NC(=O)N3CC[C@H](N)C3)s2)cc1C#N.CC(C)Oc1ccc(-c2ncc(-c3cccc4c3CC[C@H]4NC(=O)N3CC[C@@H](C)C3)s2)cc1C#N.CC(C)Oc1ccc(-c2ncc(-c3cccc4c3CC[C@H]4NC(=O)N3CC[C@H](C)C3)s2)cc1C#N.CC(C)Oc1ccc(-c2ncc(-c3cccc4c3CC[C@H]4NC(=O)N3CC[C@H](N)C3)s2)cc1C#N. The van der Waals surface area contributed by atoms with Crippen LogP contribution < -0.4 is 51.7 Å². The van der Waals surface area contributed by atoms with Crippen molar-refractivity contribution in [3.05, 3.63) is 237 Å². The first kappa shape index (κ1) is 98.1. The van der Waals surface area contributed by atoms with E-state index in [1.165, 1.54) is 55.6 Å². The molecule has 4 saturated heterocycles. The van der Waals surface area contributed by atoms with Crippen molar-refractivity contribution in [1.82, 2.24) is 60.8 Å². The second-order valence-corrected chi connectivity index (χ2v) is 42.5. The van der Waals surface area contributed by atoms with E-state index < -0.39 is 0 Å². The molecule has 26 nitrogen and oxygen atoms in total. The summed E-state index contributed by atoms with van der Waals surface area (Å²) in [6.07, 6.45) is 18.8. The molecule has 4 aromatic heterocycles. The molecule has 4 fully saturated rings. The minimum atomic E-state index is -0.0283. The molecule has 0 bridgehead atoms. The Morgan fingerprint density at radius 3 is 0.786 bits per heavy atom. The smallest absolute Gasteiger partial charge is 0.317 e. The number of fused-ring (bicyclic) bond motifs is 4. The summed E-state index contributed by atoms with van der Waals surface area (Å²) in [5.74, 6) is 3.53. The quantitative estimate of drug-likeness (QED) is 0.0413. The van der Waals surface area contributed by atoms with Gasteiger partial charge >= 0.3 is 24.1 Å². The summed E-state index contributed by atoms with van der Waals surface area (Å²) >= 11 is 6.46. The van der Waals surface area contributed by atoms with Crippen LogP contribution in [0.15, 0.2) is 170 Å². The first-order valence-electron chi connectivity index (χ1n) is 48.6. The highest BCUT2D eigenvalue weighted by atomic mass is 32.1. The Balaban J connectivity index is 0.000000129. The average molecular weight is 1950 g/mol. The van der Waals surface area contributed by atoms with Crippen molar-refractivity contribution in [1.29, 1.82) is 21.0 Å². The molecule has 4 aliphatic heterocycles. The molecule has 4 aliphatic carbocycles. The Bertz CT molecular complexity index is 5970. The van der Waals surface area contributed by atoms with Crippen LogP contribution >= 0.6 is 45.3 Å². The van der Waals surface area contributed by atoms with Crippen LogP contribution in [0, 0.1) is 57.2 Å². The Labute approximate surface area is 834 Å². The van der Waals surface area contributed by atoms with Gasteiger partial charge in [0.25, 0.3) is 0 Å². The number of rotatable bonds is 20. The normalized spacial score (nSPS) is 19.0. The van der Waals surface area contributed by atoms with E-state index in [0.29, 0.717) is 83.3 Å². The van der Waals surface area contributed by atoms with Crippen molar-refractivity contribution < 1.29 is 38.1 Å². The summed E-state index contributed by atoms with van der Waals surface area (Å²) in [5.41, 5.74) is 32.2. The van der Waals surface area contributed by atoms with Crippen molar-refractivity contribution in [2.45, 2.75) is 207 Å². The lowest BCUT2D eigenvalue weighted by Crippen LogP contribution is -2.41. The van der Waals surface area contributed by atoms with Gasteiger partial charge in [-0.05, 0) is 284 Å². The summed E-state index contributed by atoms with van der Waals surface area (Å²) in [6.45, 7) is 26.0. The van der Waals surface area contributed by atoms with E-state index >= 15 is 0 Å². The lowest BCUT2D eigenvalue weighted by atomic mass is 10.0. The Kier molecular flexibility index (Phi) is 30.7. The van der Waals surface area contributed by atoms with Gasteiger partial charge in [0.2, 0.25) is 0 Å². The zero-order chi connectivity index (χ0) is 98.1. The van der Waals surface area contributed by atoms with Gasteiger partial charge in [-0.3, -0.25) is 0 Å². The molecule has 0 saturated carbocycles. The lowest BCUT2D eigenvalue weighted by molar-refractivity contribution is 0.202. The summed E-state index contributed by atoms with van der Waals surface area (Å²) in [4.78, 5) is 81.5. The molecular weight excluding hydrogens is 1830 g/mol. The van der Waals surface area contributed by atoms with Gasteiger partial charge in [-0.25, -0.2) is 39.1 Å². The maximum absolute atomic E-state index is 12.8. The minimum Gasteiger partial charge on any atom is -0.490 e. The molecule has 30 heteroatoms. The van der Waals surface area contributed by atoms with E-state index in [9.17, 15) is 40.2 Å². The van der Waals surface area contributed by atoms with E-state index in [1.807, 2.05) is 173 Å². The first-order valence-corrected chi connectivity index (χ1v) is 51.9. The number of hydrogen-bond donors (Lipinski definition) is 6. The third kappa shape index (κ3) is 22.5. The van der Waals surface area contributed by atoms with Gasteiger partial charge in [0.05, 0.1) is 90.3 Å². The molecule has 8 amide bonds. The van der Waals surface area contributed by atoms with Gasteiger partial charge in [-0.2, -0.15) is 21.0 Å². The zero-order valence-corrected chi connectivity index (χ0v) is 83.9. The molecule has 12 aromatic rings. The molecule has 0 radical (unpaired) electrons. The fraction of sp³-hybridized carbons (Fsp3) is 0.382. The molecule has 8 heterocycles. The fourth-order valence-corrected chi connectivity index (χ4v) is 23.7. The minimum absolute atomic E-state index is 0.00105. The molecule has 8 aromatic carbocycles. The van der Waals surface area contributed by atoms with E-state index in [4.69, 9.17) is 30.4 Å². The predicted octanol–water partition coefficient (Wildman–Crippen LogP) is 22.1. The molecule has 20 rings (SSSR count). The van der Waals surface area contributed by atoms with Crippen LogP contribution in [0.2, 0.25) is 0 Å². The molecule has 140 heavy (non-hydrogen) atoms. The third-order valence-electron chi connectivity index (χ3n) is 26.6. The van der Waals surface area contributed by atoms with E-state index in [1.54, 1.807) is 45.3 Å². The van der Waals surface area contributed by atoms with Crippen LogP contribution in [0.1, 0.15) is 212 Å². The fourth-order valence-electron chi connectivity index (χ4n) is 19.8. The number of nitriles is 4. The van der Waals surface area contributed by atoms with Gasteiger partial charge in [-0.1, -0.05) is 86.6 Å². The number of hydrogen-bond acceptors (Lipinski definition) is 22. The summed E-state index contributed by atoms with van der Waals surface area (Å²) in [5, 5.41) is 54.7. The van der Waals surface area contributed by atoms with Gasteiger partial charge in [0.15, 0.2) is 0 Å². The lowest BCUT2D eigenvalue weighted by Gasteiger charge is -2.21. The number of urea groups is 4. The van der Waals surface area contributed by atoms with Crippen molar-refractivity contribution in [3.63, 3.8) is 0 Å². The van der Waals surface area contributed by atoms with E-state index in [-0.39, 0.29) is 84.8 Å². The third-order valence-corrected chi connectivity index (χ3v) is 31.0. The Morgan fingerprint density at radius 1 is 0.343 bits per heavy atom. The van der Waals surface area contributed by atoms with Gasteiger partial charge in [-0.15, -0.1) is 45.3 Å². The molecule has 720 valence electrons. The van der Waals surface area contributed by atoms with Crippen LogP contribution in [-0.4, -0.2) is 153 Å². The van der Waals surface area contributed by atoms with Gasteiger partial charge in [0, 0.05) is 111 Å². The van der Waals surface area contributed by atoms with Crippen LogP contribution in [0.4, 0.5) is 19.2 Å². The average Bonchev–Trinajstić information content (AvgIpc) is 1.64. The highest BCUT2D eigenvalue weighted by molar-refractivity contribution is 7.19. The highest BCUT2D eigenvalue weighted by Gasteiger charge is 2.37. The summed E-state index contributed by atoms with van der Waals surface area (Å²) in [7, 11) is 0. The predicted molar refractivity (Wildman–Crippen MR) is 551 cm³/mol. The summed E-state index contributed by atoms with van der Waals surface area (Å²) < 4.78 is 23.0. The largest absolute Gasteiger partial charge is 0.490 e. The molecule has 8 N–H and O–H groups in total. The van der Waals surface area contributed by atoms with E-state index in [0.717, 1.165) is 176 Å². The maximum Gasteiger partial charge on any atom is 0.317 e. The topological polar surface area (TPSA) is 365 Å². The Morgan fingerprint density at radius 2 is 0.579 bits per heavy atom. The second kappa shape index (κ2) is 43.9.